The number of amides is 1. The number of rotatable bonds is 5. The first-order chi connectivity index (χ1) is 15.2. The zero-order valence-electron chi connectivity index (χ0n) is 19.0. The second-order valence-electron chi connectivity index (χ2n) is 8.21. The van der Waals surface area contributed by atoms with Gasteiger partial charge in [-0.05, 0) is 37.5 Å². The van der Waals surface area contributed by atoms with Crippen LogP contribution in [0.5, 0.6) is 0 Å². The molecule has 2 aromatic rings. The number of para-hydroxylation sites is 1. The first-order valence-corrected chi connectivity index (χ1v) is 11.2. The summed E-state index contributed by atoms with van der Waals surface area (Å²) in [5, 5.41) is 7.87. The number of likely N-dealkylation sites (tertiary alicyclic amines) is 1. The second kappa shape index (κ2) is 11.6. The minimum absolute atomic E-state index is 0. The first-order valence-electron chi connectivity index (χ1n) is 11.2. The van der Waals surface area contributed by atoms with Crippen LogP contribution in [0.1, 0.15) is 25.3 Å². The fraction of sp³-hybridized carbons (Fsp3) is 0.522. The third kappa shape index (κ3) is 5.61. The molecule has 0 bridgehead atoms. The molecule has 1 aromatic heterocycles. The van der Waals surface area contributed by atoms with E-state index in [0.29, 0.717) is 6.54 Å². The summed E-state index contributed by atoms with van der Waals surface area (Å²) < 4.78 is 1.89. The molecule has 0 aliphatic carbocycles. The lowest BCUT2D eigenvalue weighted by Crippen LogP contribution is -2.57. The number of piperazine rings is 1. The minimum Gasteiger partial charge on any atom is -0.352 e. The number of carbonyl (C=O) groups is 1. The molecule has 1 unspecified atom stereocenters. The van der Waals surface area contributed by atoms with Crippen molar-refractivity contribution in [3.05, 3.63) is 48.3 Å². The number of nitrogens with one attached hydrogen (secondary N) is 1. The van der Waals surface area contributed by atoms with Gasteiger partial charge in [0.15, 0.2) is 5.96 Å². The summed E-state index contributed by atoms with van der Waals surface area (Å²) in [6, 6.07) is 10.1. The van der Waals surface area contributed by atoms with Gasteiger partial charge < -0.3 is 15.1 Å². The standard InChI is InChI=1S/C23H33N7O.HI/c1-19(22(31)28-11-5-6-12-28)27-14-16-29(17-15-27)23(24-2)25-18-20-8-3-4-9-21(20)30-13-7-10-26-30;/h3-4,7-10,13,19H,5-6,11-12,14-18H2,1-2H3,(H,24,25);1H. The monoisotopic (exact) mass is 551 g/mol. The first kappa shape index (κ1) is 24.5. The Kier molecular flexibility index (Phi) is 8.92. The van der Waals surface area contributed by atoms with Gasteiger partial charge in [0.05, 0.1) is 11.7 Å². The average Bonchev–Trinajstić information content (AvgIpc) is 3.54. The van der Waals surface area contributed by atoms with Crippen molar-refractivity contribution < 1.29 is 4.79 Å². The Labute approximate surface area is 207 Å². The van der Waals surface area contributed by atoms with Crippen LogP contribution in [-0.2, 0) is 11.3 Å². The summed E-state index contributed by atoms with van der Waals surface area (Å²) in [5.41, 5.74) is 2.23. The molecule has 0 saturated carbocycles. The molecule has 1 aromatic carbocycles. The van der Waals surface area contributed by atoms with E-state index in [2.05, 4.69) is 44.3 Å². The van der Waals surface area contributed by atoms with E-state index in [1.165, 1.54) is 0 Å². The van der Waals surface area contributed by atoms with Crippen molar-refractivity contribution in [1.82, 2.24) is 29.8 Å². The van der Waals surface area contributed by atoms with Crippen molar-refractivity contribution in [3.63, 3.8) is 0 Å². The number of benzene rings is 1. The maximum atomic E-state index is 12.7. The van der Waals surface area contributed by atoms with E-state index in [1.807, 2.05) is 41.0 Å². The van der Waals surface area contributed by atoms with E-state index in [-0.39, 0.29) is 35.9 Å². The molecule has 2 fully saturated rings. The summed E-state index contributed by atoms with van der Waals surface area (Å²) in [7, 11) is 1.83. The van der Waals surface area contributed by atoms with Crippen LogP contribution < -0.4 is 5.32 Å². The highest BCUT2D eigenvalue weighted by atomic mass is 127. The van der Waals surface area contributed by atoms with E-state index in [1.54, 1.807) is 6.20 Å². The molecular weight excluding hydrogens is 517 g/mol. The summed E-state index contributed by atoms with van der Waals surface area (Å²) in [4.78, 5) is 23.8. The fourth-order valence-electron chi connectivity index (χ4n) is 4.48. The molecule has 2 aliphatic heterocycles. The van der Waals surface area contributed by atoms with Gasteiger partial charge in [-0.2, -0.15) is 5.10 Å². The van der Waals surface area contributed by atoms with Gasteiger partial charge in [0.25, 0.3) is 0 Å². The zero-order chi connectivity index (χ0) is 21.6. The molecule has 0 radical (unpaired) electrons. The third-order valence-electron chi connectivity index (χ3n) is 6.33. The molecule has 32 heavy (non-hydrogen) atoms. The number of hydrogen-bond acceptors (Lipinski definition) is 4. The SMILES string of the molecule is CN=C(NCc1ccccc1-n1cccn1)N1CCN(C(C)C(=O)N2CCCC2)CC1.I. The number of hydrogen-bond donors (Lipinski definition) is 1. The molecule has 3 heterocycles. The highest BCUT2D eigenvalue weighted by molar-refractivity contribution is 14.0. The lowest BCUT2D eigenvalue weighted by molar-refractivity contribution is -0.135. The predicted octanol–water partition coefficient (Wildman–Crippen LogP) is 2.19. The minimum atomic E-state index is -0.0452. The number of aliphatic imine (C=N–C) groups is 1. The molecule has 2 saturated heterocycles. The molecule has 1 N–H and O–H groups in total. The smallest absolute Gasteiger partial charge is 0.239 e. The fourth-order valence-corrected chi connectivity index (χ4v) is 4.48. The molecule has 4 rings (SSSR count). The van der Waals surface area contributed by atoms with E-state index in [9.17, 15) is 4.79 Å². The van der Waals surface area contributed by atoms with E-state index < -0.39 is 0 Å². The summed E-state index contributed by atoms with van der Waals surface area (Å²) >= 11 is 0. The summed E-state index contributed by atoms with van der Waals surface area (Å²) in [5.74, 6) is 1.18. The topological polar surface area (TPSA) is 69.0 Å². The third-order valence-corrected chi connectivity index (χ3v) is 6.33. The number of aromatic nitrogens is 2. The van der Waals surface area contributed by atoms with Crippen LogP contribution in [0.4, 0.5) is 0 Å². The van der Waals surface area contributed by atoms with Gasteiger partial charge in [-0.1, -0.05) is 18.2 Å². The average molecular weight is 551 g/mol. The van der Waals surface area contributed by atoms with Crippen molar-refractivity contribution in [1.29, 1.82) is 0 Å². The molecular formula is C23H34IN7O. The normalized spacial score (nSPS) is 18.4. The van der Waals surface area contributed by atoms with Gasteiger partial charge in [0, 0.05) is 65.3 Å². The van der Waals surface area contributed by atoms with Crippen molar-refractivity contribution >= 4 is 35.8 Å². The number of carbonyl (C=O) groups excluding carboxylic acids is 1. The van der Waals surface area contributed by atoms with Crippen molar-refractivity contribution in [2.45, 2.75) is 32.4 Å². The summed E-state index contributed by atoms with van der Waals surface area (Å²) in [6.07, 6.45) is 6.02. The predicted molar refractivity (Wildman–Crippen MR) is 138 cm³/mol. The van der Waals surface area contributed by atoms with E-state index in [4.69, 9.17) is 0 Å². The van der Waals surface area contributed by atoms with Crippen molar-refractivity contribution in [2.75, 3.05) is 46.3 Å². The van der Waals surface area contributed by atoms with Crippen LogP contribution in [0.2, 0.25) is 0 Å². The molecule has 174 valence electrons. The highest BCUT2D eigenvalue weighted by Gasteiger charge is 2.30. The number of nitrogens with zero attached hydrogens (tertiary/aromatic N) is 6. The molecule has 9 heteroatoms. The second-order valence-corrected chi connectivity index (χ2v) is 8.21. The molecule has 2 aliphatic rings. The van der Waals surface area contributed by atoms with Crippen LogP contribution in [0.3, 0.4) is 0 Å². The van der Waals surface area contributed by atoms with Crippen LogP contribution in [0.25, 0.3) is 5.69 Å². The van der Waals surface area contributed by atoms with Crippen molar-refractivity contribution in [3.8, 4) is 5.69 Å². The Morgan fingerprint density at radius 3 is 2.44 bits per heavy atom. The van der Waals surface area contributed by atoms with Crippen LogP contribution in [0, 0.1) is 0 Å². The Bertz CT molecular complexity index is 888. The van der Waals surface area contributed by atoms with Gasteiger partial charge in [0.1, 0.15) is 0 Å². The maximum Gasteiger partial charge on any atom is 0.239 e. The molecule has 0 spiro atoms. The largest absolute Gasteiger partial charge is 0.352 e. The quantitative estimate of drug-likeness (QED) is 0.351. The highest BCUT2D eigenvalue weighted by Crippen LogP contribution is 2.15. The van der Waals surface area contributed by atoms with E-state index in [0.717, 1.165) is 69.3 Å². The van der Waals surface area contributed by atoms with Gasteiger partial charge in [-0.25, -0.2) is 4.68 Å². The maximum absolute atomic E-state index is 12.7. The lowest BCUT2D eigenvalue weighted by Gasteiger charge is -2.39. The van der Waals surface area contributed by atoms with Gasteiger partial charge in [-0.15, -0.1) is 24.0 Å². The Morgan fingerprint density at radius 2 is 1.78 bits per heavy atom. The lowest BCUT2D eigenvalue weighted by atomic mass is 10.1. The van der Waals surface area contributed by atoms with Gasteiger partial charge >= 0.3 is 0 Å². The van der Waals surface area contributed by atoms with Crippen LogP contribution >= 0.6 is 24.0 Å². The van der Waals surface area contributed by atoms with E-state index >= 15 is 0 Å². The Balaban J connectivity index is 0.00000289. The molecule has 8 nitrogen and oxygen atoms in total. The van der Waals surface area contributed by atoms with Gasteiger partial charge in [-0.3, -0.25) is 14.7 Å². The molecule has 1 amide bonds. The Hall–Kier alpha value is -2.14. The number of halogens is 1. The number of guanidine groups is 1. The summed E-state index contributed by atoms with van der Waals surface area (Å²) in [6.45, 7) is 8.01. The van der Waals surface area contributed by atoms with Crippen molar-refractivity contribution in [2.24, 2.45) is 4.99 Å². The van der Waals surface area contributed by atoms with Crippen LogP contribution in [0.15, 0.2) is 47.7 Å². The van der Waals surface area contributed by atoms with Crippen LogP contribution in [-0.4, -0.2) is 88.7 Å². The zero-order valence-corrected chi connectivity index (χ0v) is 21.3. The van der Waals surface area contributed by atoms with Gasteiger partial charge in [0.2, 0.25) is 5.91 Å². The molecule has 1 atom stereocenters. The Morgan fingerprint density at radius 1 is 1.06 bits per heavy atom.